The molecule has 5 aromatic rings. The second-order valence-corrected chi connectivity index (χ2v) is 10.9. The van der Waals surface area contributed by atoms with Crippen molar-refractivity contribution in [1.82, 2.24) is 34.8 Å². The van der Waals surface area contributed by atoms with Crippen molar-refractivity contribution >= 4 is 33.4 Å². The van der Waals surface area contributed by atoms with Gasteiger partial charge >= 0.3 is 6.01 Å². The largest absolute Gasteiger partial charge is 0.455 e. The Morgan fingerprint density at radius 2 is 1.96 bits per heavy atom. The van der Waals surface area contributed by atoms with Crippen molar-refractivity contribution in [3.63, 3.8) is 0 Å². The van der Waals surface area contributed by atoms with Gasteiger partial charge in [0.1, 0.15) is 23.7 Å². The highest BCUT2D eigenvalue weighted by Gasteiger charge is 2.32. The number of hydrogen-bond acceptors (Lipinski definition) is 10. The lowest BCUT2D eigenvalue weighted by atomic mass is 10.00. The number of rotatable bonds is 8. The van der Waals surface area contributed by atoms with Crippen molar-refractivity contribution < 1.29 is 22.7 Å². The predicted molar refractivity (Wildman–Crippen MR) is 167 cm³/mol. The number of alkyl halides is 1. The van der Waals surface area contributed by atoms with Crippen LogP contribution < -0.4 is 9.64 Å². The van der Waals surface area contributed by atoms with Crippen molar-refractivity contribution in [1.29, 1.82) is 5.26 Å². The zero-order valence-corrected chi connectivity index (χ0v) is 25.5. The summed E-state index contributed by atoms with van der Waals surface area (Å²) in [4.78, 5) is 41.9. The molecule has 0 saturated carbocycles. The number of pyridine rings is 2. The van der Waals surface area contributed by atoms with E-state index in [1.807, 2.05) is 30.0 Å². The molecular formula is C33H28F3N9O2. The van der Waals surface area contributed by atoms with E-state index in [4.69, 9.17) is 4.74 Å². The summed E-state index contributed by atoms with van der Waals surface area (Å²) in [6.07, 6.45) is 8.04. The van der Waals surface area contributed by atoms with E-state index in [0.29, 0.717) is 5.56 Å². The summed E-state index contributed by atoms with van der Waals surface area (Å²) in [5, 5.41) is 11.4. The molecule has 1 unspecified atom stereocenters. The van der Waals surface area contributed by atoms with Crippen LogP contribution in [-0.2, 0) is 11.4 Å². The summed E-state index contributed by atoms with van der Waals surface area (Å²) in [7, 11) is 0. The van der Waals surface area contributed by atoms with Crippen LogP contribution in [0.5, 0.6) is 6.01 Å². The van der Waals surface area contributed by atoms with Crippen LogP contribution in [0.25, 0.3) is 32.9 Å². The molecule has 0 aliphatic carbocycles. The Hall–Kier alpha value is -5.71. The number of aryl methyl sites for hydroxylation is 2. The maximum absolute atomic E-state index is 16.6. The zero-order chi connectivity index (χ0) is 33.1. The van der Waals surface area contributed by atoms with E-state index in [2.05, 4.69) is 36.0 Å². The Bertz CT molecular complexity index is 2060. The van der Waals surface area contributed by atoms with Crippen molar-refractivity contribution in [3.05, 3.63) is 83.9 Å². The Morgan fingerprint density at radius 3 is 2.74 bits per heavy atom. The second-order valence-electron chi connectivity index (χ2n) is 10.9. The standard InChI is InChI=1S/C33H28F3N9O2/c1-19-5-3-6-21-13-38-14-23(28(19)21)30-29(36)31-24(15-40-30)32(43-33(42-31)47-18-26-39-16-25(35)20(2)41-26)44-11-12-45(22(17-44)8-10-37)27(46)7-4-9-34/h3-7,13-16,22H,8-9,11-12,17-18H2,1-2H3/b7-4+. The van der Waals surface area contributed by atoms with E-state index >= 15 is 4.39 Å². The van der Waals surface area contributed by atoms with E-state index in [9.17, 15) is 18.8 Å². The average Bonchev–Trinajstić information content (AvgIpc) is 3.08. The third-order valence-electron chi connectivity index (χ3n) is 7.93. The topological polar surface area (TPSA) is 134 Å². The number of hydrogen-bond donors (Lipinski definition) is 0. The number of allylic oxidation sites excluding steroid dienone is 1. The number of halogens is 3. The molecule has 4 aromatic heterocycles. The molecular weight excluding hydrogens is 611 g/mol. The van der Waals surface area contributed by atoms with Crippen LogP contribution in [0.1, 0.15) is 23.5 Å². The van der Waals surface area contributed by atoms with Crippen LogP contribution in [0.3, 0.4) is 0 Å². The van der Waals surface area contributed by atoms with E-state index in [-0.39, 0.29) is 72.6 Å². The number of nitrogens with zero attached hydrogens (tertiary/aromatic N) is 9. The van der Waals surface area contributed by atoms with Crippen LogP contribution in [-0.4, -0.2) is 73.1 Å². The lowest BCUT2D eigenvalue weighted by Crippen LogP contribution is -2.55. The van der Waals surface area contributed by atoms with Crippen molar-refractivity contribution in [2.45, 2.75) is 32.9 Å². The van der Waals surface area contributed by atoms with Gasteiger partial charge in [0.2, 0.25) is 5.91 Å². The molecule has 0 radical (unpaired) electrons. The molecule has 1 fully saturated rings. The van der Waals surface area contributed by atoms with Crippen molar-refractivity contribution in [2.24, 2.45) is 0 Å². The summed E-state index contributed by atoms with van der Waals surface area (Å²) in [6, 6.07) is 7.06. The number of piperazine rings is 1. The van der Waals surface area contributed by atoms with Gasteiger partial charge in [-0.2, -0.15) is 15.2 Å². The van der Waals surface area contributed by atoms with Gasteiger partial charge < -0.3 is 14.5 Å². The number of amides is 1. The predicted octanol–water partition coefficient (Wildman–Crippen LogP) is 4.96. The number of carbonyl (C=O) groups excluding carboxylic acids is 1. The Morgan fingerprint density at radius 1 is 1.11 bits per heavy atom. The Labute approximate surface area is 267 Å². The monoisotopic (exact) mass is 639 g/mol. The molecule has 1 amide bonds. The van der Waals surface area contributed by atoms with Gasteiger partial charge in [0.05, 0.1) is 35.8 Å². The fourth-order valence-corrected chi connectivity index (χ4v) is 5.68. The minimum atomic E-state index is -0.790. The number of nitriles is 1. The van der Waals surface area contributed by atoms with Crippen LogP contribution in [0.15, 0.2) is 55.1 Å². The molecule has 11 nitrogen and oxygen atoms in total. The molecule has 1 aliphatic rings. The highest BCUT2D eigenvalue weighted by atomic mass is 19.1. The van der Waals surface area contributed by atoms with E-state index in [1.165, 1.54) is 18.0 Å². The smallest absolute Gasteiger partial charge is 0.319 e. The number of anilines is 1. The van der Waals surface area contributed by atoms with E-state index in [0.717, 1.165) is 34.7 Å². The van der Waals surface area contributed by atoms with Crippen LogP contribution >= 0.6 is 0 Å². The van der Waals surface area contributed by atoms with Gasteiger partial charge in [-0.1, -0.05) is 18.2 Å². The Balaban J connectivity index is 1.45. The first-order valence-electron chi connectivity index (χ1n) is 14.7. The number of benzene rings is 1. The van der Waals surface area contributed by atoms with Gasteiger partial charge in [0.15, 0.2) is 24.1 Å². The normalized spacial score (nSPS) is 15.0. The summed E-state index contributed by atoms with van der Waals surface area (Å²) < 4.78 is 48.9. The van der Waals surface area contributed by atoms with Gasteiger partial charge in [0.25, 0.3) is 0 Å². The molecule has 0 bridgehead atoms. The highest BCUT2D eigenvalue weighted by molar-refractivity contribution is 6.00. The summed E-state index contributed by atoms with van der Waals surface area (Å²) >= 11 is 0. The molecule has 6 rings (SSSR count). The molecule has 1 saturated heterocycles. The molecule has 1 atom stereocenters. The SMILES string of the molecule is Cc1nc(COc2nc(N3CCN(C(=O)/C=C/CF)C(CC#N)C3)c3cnc(-c4cncc5cccc(C)c45)c(F)c3n2)ncc1F. The number of aromatic nitrogens is 6. The highest BCUT2D eigenvalue weighted by Crippen LogP contribution is 2.36. The molecule has 5 heterocycles. The van der Waals surface area contributed by atoms with Gasteiger partial charge in [-0.05, 0) is 30.9 Å². The zero-order valence-electron chi connectivity index (χ0n) is 25.5. The third kappa shape index (κ3) is 6.24. The minimum absolute atomic E-state index is 0.00350. The number of ether oxygens (including phenoxy) is 1. The van der Waals surface area contributed by atoms with E-state index in [1.54, 1.807) is 12.4 Å². The molecule has 0 N–H and O–H groups in total. The minimum Gasteiger partial charge on any atom is -0.455 e. The molecule has 1 aromatic carbocycles. The fourth-order valence-electron chi connectivity index (χ4n) is 5.68. The summed E-state index contributed by atoms with van der Waals surface area (Å²) in [5.41, 5.74) is 1.51. The van der Waals surface area contributed by atoms with Crippen molar-refractivity contribution in [2.75, 3.05) is 31.2 Å². The molecule has 0 spiro atoms. The molecule has 1 aliphatic heterocycles. The maximum atomic E-state index is 16.6. The summed E-state index contributed by atoms with van der Waals surface area (Å²) in [5.74, 6) is -1.25. The first-order valence-corrected chi connectivity index (χ1v) is 14.7. The second kappa shape index (κ2) is 13.3. The maximum Gasteiger partial charge on any atom is 0.319 e. The number of fused-ring (bicyclic) bond motifs is 2. The van der Waals surface area contributed by atoms with Gasteiger partial charge in [-0.15, -0.1) is 0 Å². The molecule has 238 valence electrons. The van der Waals surface area contributed by atoms with Crippen molar-refractivity contribution in [3.8, 4) is 23.3 Å². The molecule has 14 heteroatoms. The van der Waals surface area contributed by atoms with Gasteiger partial charge in [-0.3, -0.25) is 14.8 Å². The average molecular weight is 640 g/mol. The van der Waals surface area contributed by atoms with Crippen LogP contribution in [0, 0.1) is 36.8 Å². The van der Waals surface area contributed by atoms with E-state index < -0.39 is 30.3 Å². The third-order valence-corrected chi connectivity index (χ3v) is 7.93. The molecule has 47 heavy (non-hydrogen) atoms. The van der Waals surface area contributed by atoms with Gasteiger partial charge in [-0.25, -0.2) is 23.1 Å². The van der Waals surface area contributed by atoms with Crippen LogP contribution in [0.2, 0.25) is 0 Å². The first-order chi connectivity index (χ1) is 22.8. The summed E-state index contributed by atoms with van der Waals surface area (Å²) in [6.45, 7) is 3.03. The fraction of sp³-hybridized carbons (Fsp3) is 0.273. The van der Waals surface area contributed by atoms with Gasteiger partial charge in [0, 0.05) is 55.3 Å². The number of carbonyl (C=O) groups is 1. The van der Waals surface area contributed by atoms with Crippen LogP contribution in [0.4, 0.5) is 19.0 Å². The first kappa shape index (κ1) is 31.3. The lowest BCUT2D eigenvalue weighted by molar-refractivity contribution is -0.128. The quantitative estimate of drug-likeness (QED) is 0.215. The lowest BCUT2D eigenvalue weighted by Gasteiger charge is -2.41. The Kier molecular flexibility index (Phi) is 8.88.